The number of carbonyl (C=O) groups is 2. The molecular formula is C27H32N4O3. The molecule has 4 aliphatic carbocycles. The molecule has 0 atom stereocenters. The van der Waals surface area contributed by atoms with Crippen molar-refractivity contribution >= 4 is 17.6 Å². The van der Waals surface area contributed by atoms with E-state index >= 15 is 0 Å². The van der Waals surface area contributed by atoms with Crippen molar-refractivity contribution in [3.63, 3.8) is 0 Å². The first-order chi connectivity index (χ1) is 16.6. The number of hydrogen-bond acceptors (Lipinski definition) is 5. The molecular weight excluding hydrogens is 428 g/mol. The Balaban J connectivity index is 1.08. The number of rotatable bonds is 6. The van der Waals surface area contributed by atoms with Crippen molar-refractivity contribution in [1.82, 2.24) is 14.9 Å². The number of nitrogens with zero attached hydrogens (tertiary/aromatic N) is 3. The van der Waals surface area contributed by atoms with Gasteiger partial charge in [0.2, 0.25) is 5.91 Å². The van der Waals surface area contributed by atoms with Crippen molar-refractivity contribution in [3.8, 4) is 5.75 Å². The number of ether oxygens (including phenoxy) is 1. The molecule has 4 bridgehead atoms. The topological polar surface area (TPSA) is 84.4 Å². The molecule has 2 aromatic rings. The van der Waals surface area contributed by atoms with Crippen molar-refractivity contribution in [3.05, 3.63) is 47.9 Å². The van der Waals surface area contributed by atoms with Crippen LogP contribution in [0.15, 0.2) is 36.7 Å². The highest BCUT2D eigenvalue weighted by atomic mass is 16.5. The third kappa shape index (κ3) is 4.28. The van der Waals surface area contributed by atoms with Crippen molar-refractivity contribution in [1.29, 1.82) is 0 Å². The van der Waals surface area contributed by atoms with Gasteiger partial charge in [0.15, 0.2) is 6.61 Å². The van der Waals surface area contributed by atoms with Gasteiger partial charge in [-0.2, -0.15) is 0 Å². The Morgan fingerprint density at radius 2 is 1.74 bits per heavy atom. The Bertz CT molecular complexity index is 1050. The SMILES string of the molecule is O=C(CC12CC3CC(CC(C3)C1)C2)Nc1ncnc2c1CCN(C(=O)COc1ccccc1)C2. The van der Waals surface area contributed by atoms with E-state index in [-0.39, 0.29) is 23.8 Å². The zero-order valence-electron chi connectivity index (χ0n) is 19.5. The normalized spacial score (nSPS) is 28.9. The number of anilines is 1. The summed E-state index contributed by atoms with van der Waals surface area (Å²) in [6.45, 7) is 0.973. The maximum atomic E-state index is 13.1. The summed E-state index contributed by atoms with van der Waals surface area (Å²) in [5.74, 6) is 3.81. The van der Waals surface area contributed by atoms with Crippen LogP contribution in [0.5, 0.6) is 5.75 Å². The molecule has 0 saturated heterocycles. The van der Waals surface area contributed by atoms with Gasteiger partial charge in [0, 0.05) is 18.5 Å². The molecule has 7 heteroatoms. The predicted molar refractivity (Wildman–Crippen MR) is 127 cm³/mol. The highest BCUT2D eigenvalue weighted by Crippen LogP contribution is 2.61. The van der Waals surface area contributed by atoms with Crippen LogP contribution in [-0.2, 0) is 22.6 Å². The zero-order chi connectivity index (χ0) is 23.1. The van der Waals surface area contributed by atoms with E-state index in [0.717, 1.165) is 29.0 Å². The predicted octanol–water partition coefficient (Wildman–Crippen LogP) is 3.99. The number of hydrogen-bond donors (Lipinski definition) is 1. The molecule has 4 saturated carbocycles. The van der Waals surface area contributed by atoms with Crippen LogP contribution in [-0.4, -0.2) is 39.8 Å². The Morgan fingerprint density at radius 1 is 1.03 bits per heavy atom. The van der Waals surface area contributed by atoms with E-state index in [1.807, 2.05) is 30.3 Å². The maximum absolute atomic E-state index is 13.1. The van der Waals surface area contributed by atoms with Gasteiger partial charge < -0.3 is 15.0 Å². The molecule has 0 unspecified atom stereocenters. The lowest BCUT2D eigenvalue weighted by Crippen LogP contribution is -2.47. The second kappa shape index (κ2) is 8.67. The molecule has 7 rings (SSSR count). The molecule has 2 amide bonds. The molecule has 4 fully saturated rings. The fraction of sp³-hybridized carbons (Fsp3) is 0.556. The van der Waals surface area contributed by atoms with Gasteiger partial charge in [0.25, 0.3) is 5.91 Å². The maximum Gasteiger partial charge on any atom is 0.260 e. The number of nitrogens with one attached hydrogen (secondary N) is 1. The standard InChI is InChI=1S/C27H32N4O3/c32-24(14-27-11-18-8-19(12-27)10-20(9-18)13-27)30-26-22-6-7-31(15-23(22)28-17-29-26)25(33)16-34-21-4-2-1-3-5-21/h1-5,17-20H,6-16H2,(H,28,29,30,32). The van der Waals surface area contributed by atoms with Gasteiger partial charge in [0.05, 0.1) is 12.2 Å². The van der Waals surface area contributed by atoms with E-state index in [4.69, 9.17) is 4.74 Å². The Kier molecular flexibility index (Phi) is 5.50. The van der Waals surface area contributed by atoms with Crippen LogP contribution in [0.1, 0.15) is 56.2 Å². The summed E-state index contributed by atoms with van der Waals surface area (Å²) in [7, 11) is 0. The van der Waals surface area contributed by atoms with Crippen LogP contribution in [0.4, 0.5) is 5.82 Å². The Labute approximate surface area is 200 Å². The Hall–Kier alpha value is -2.96. The minimum absolute atomic E-state index is 0.000905. The number of benzene rings is 1. The summed E-state index contributed by atoms with van der Waals surface area (Å²) in [6.07, 6.45) is 10.5. The van der Waals surface area contributed by atoms with Crippen molar-refractivity contribution in [2.45, 2.75) is 57.9 Å². The molecule has 1 N–H and O–H groups in total. The largest absolute Gasteiger partial charge is 0.484 e. The summed E-state index contributed by atoms with van der Waals surface area (Å²) < 4.78 is 5.62. The fourth-order valence-electron chi connectivity index (χ4n) is 7.45. The summed E-state index contributed by atoms with van der Waals surface area (Å²) in [5, 5.41) is 3.12. The molecule has 0 spiro atoms. The molecule has 178 valence electrons. The Morgan fingerprint density at radius 3 is 2.44 bits per heavy atom. The minimum atomic E-state index is -0.0690. The van der Waals surface area contributed by atoms with Gasteiger partial charge >= 0.3 is 0 Å². The van der Waals surface area contributed by atoms with E-state index < -0.39 is 0 Å². The van der Waals surface area contributed by atoms with Gasteiger partial charge in [-0.1, -0.05) is 18.2 Å². The molecule has 2 heterocycles. The van der Waals surface area contributed by atoms with Crippen molar-refractivity contribution in [2.24, 2.45) is 23.2 Å². The van der Waals surface area contributed by atoms with E-state index in [9.17, 15) is 9.59 Å². The number of para-hydroxylation sites is 1. The van der Waals surface area contributed by atoms with E-state index in [0.29, 0.717) is 37.5 Å². The van der Waals surface area contributed by atoms with Gasteiger partial charge in [-0.05, 0) is 80.2 Å². The smallest absolute Gasteiger partial charge is 0.260 e. The second-order valence-electron chi connectivity index (χ2n) is 11.0. The molecule has 7 nitrogen and oxygen atoms in total. The minimum Gasteiger partial charge on any atom is -0.484 e. The average Bonchev–Trinajstić information content (AvgIpc) is 2.82. The molecule has 1 aromatic heterocycles. The van der Waals surface area contributed by atoms with Crippen LogP contribution in [0, 0.1) is 23.2 Å². The molecule has 0 radical (unpaired) electrons. The summed E-state index contributed by atoms with van der Waals surface area (Å²) in [4.78, 5) is 36.4. The van der Waals surface area contributed by atoms with Crippen LogP contribution >= 0.6 is 0 Å². The van der Waals surface area contributed by atoms with Gasteiger partial charge in [-0.25, -0.2) is 9.97 Å². The highest BCUT2D eigenvalue weighted by Gasteiger charge is 2.51. The zero-order valence-corrected chi connectivity index (χ0v) is 19.5. The number of aromatic nitrogens is 2. The molecule has 34 heavy (non-hydrogen) atoms. The van der Waals surface area contributed by atoms with E-state index in [1.54, 1.807) is 4.90 Å². The first kappa shape index (κ1) is 21.6. The van der Waals surface area contributed by atoms with Gasteiger partial charge in [0.1, 0.15) is 17.9 Å². The first-order valence-corrected chi connectivity index (χ1v) is 12.6. The van der Waals surface area contributed by atoms with Crippen molar-refractivity contribution < 1.29 is 14.3 Å². The lowest BCUT2D eigenvalue weighted by molar-refractivity contribution is -0.134. The first-order valence-electron chi connectivity index (χ1n) is 12.6. The van der Waals surface area contributed by atoms with Crippen LogP contribution in [0.3, 0.4) is 0 Å². The fourth-order valence-corrected chi connectivity index (χ4v) is 7.45. The quantitative estimate of drug-likeness (QED) is 0.705. The summed E-state index contributed by atoms with van der Waals surface area (Å²) in [5.41, 5.74) is 1.96. The lowest BCUT2D eigenvalue weighted by atomic mass is 9.49. The highest BCUT2D eigenvalue weighted by molar-refractivity contribution is 5.91. The average molecular weight is 461 g/mol. The van der Waals surface area contributed by atoms with E-state index in [1.165, 1.54) is 44.9 Å². The van der Waals surface area contributed by atoms with Crippen molar-refractivity contribution in [2.75, 3.05) is 18.5 Å². The number of amides is 2. The molecule has 1 aromatic carbocycles. The van der Waals surface area contributed by atoms with Gasteiger partial charge in [-0.3, -0.25) is 9.59 Å². The summed E-state index contributed by atoms with van der Waals surface area (Å²) >= 11 is 0. The molecule has 5 aliphatic rings. The van der Waals surface area contributed by atoms with E-state index in [2.05, 4.69) is 15.3 Å². The van der Waals surface area contributed by atoms with Gasteiger partial charge in [-0.15, -0.1) is 0 Å². The third-order valence-electron chi connectivity index (χ3n) is 8.42. The lowest BCUT2D eigenvalue weighted by Gasteiger charge is -2.56. The molecule has 1 aliphatic heterocycles. The number of carbonyl (C=O) groups excluding carboxylic acids is 2. The summed E-state index contributed by atoms with van der Waals surface area (Å²) in [6, 6.07) is 9.35. The van der Waals surface area contributed by atoms with Crippen LogP contribution in [0.25, 0.3) is 0 Å². The number of fused-ring (bicyclic) bond motifs is 1. The monoisotopic (exact) mass is 460 g/mol. The second-order valence-corrected chi connectivity index (χ2v) is 11.0. The van der Waals surface area contributed by atoms with Crippen LogP contribution < -0.4 is 10.1 Å². The van der Waals surface area contributed by atoms with Crippen LogP contribution in [0.2, 0.25) is 0 Å². The third-order valence-corrected chi connectivity index (χ3v) is 8.42.